The molecule has 9 nitrogen and oxygen atoms in total. The molecule has 3 rings (SSSR count). The number of benzene rings is 1. The minimum absolute atomic E-state index is 0.312. The number of aromatic nitrogens is 2. The van der Waals surface area contributed by atoms with Crippen molar-refractivity contribution in [3.8, 4) is 17.2 Å². The molecule has 31 heavy (non-hydrogen) atoms. The predicted molar refractivity (Wildman–Crippen MR) is 120 cm³/mol. The van der Waals surface area contributed by atoms with E-state index in [1.807, 2.05) is 20.8 Å². The van der Waals surface area contributed by atoms with Gasteiger partial charge in [-0.3, -0.25) is 4.79 Å². The SMILES string of the molecule is CCOc1cc(C(=O)Nc2cc(N3CCN(C)CC3)ncn2)cc(OCC)c1OCC. The summed E-state index contributed by atoms with van der Waals surface area (Å²) in [6.45, 7) is 10.7. The van der Waals surface area contributed by atoms with Gasteiger partial charge in [-0.05, 0) is 40.0 Å². The summed E-state index contributed by atoms with van der Waals surface area (Å²) in [5, 5.41) is 2.86. The monoisotopic (exact) mass is 429 g/mol. The number of piperazine rings is 1. The van der Waals surface area contributed by atoms with Gasteiger partial charge in [-0.2, -0.15) is 0 Å². The number of amides is 1. The van der Waals surface area contributed by atoms with Gasteiger partial charge in [0.2, 0.25) is 5.75 Å². The summed E-state index contributed by atoms with van der Waals surface area (Å²) in [6, 6.07) is 5.12. The normalized spacial score (nSPS) is 14.3. The first-order valence-corrected chi connectivity index (χ1v) is 10.7. The molecule has 1 aliphatic rings. The van der Waals surface area contributed by atoms with Gasteiger partial charge in [-0.1, -0.05) is 0 Å². The Morgan fingerprint density at radius 1 is 0.935 bits per heavy atom. The highest BCUT2D eigenvalue weighted by atomic mass is 16.5. The Labute approximate surface area is 183 Å². The molecule has 2 aromatic rings. The highest BCUT2D eigenvalue weighted by Gasteiger charge is 2.20. The zero-order chi connectivity index (χ0) is 22.2. The Morgan fingerprint density at radius 3 is 2.13 bits per heavy atom. The van der Waals surface area contributed by atoms with Gasteiger partial charge in [0.25, 0.3) is 5.91 Å². The first-order chi connectivity index (χ1) is 15.0. The topological polar surface area (TPSA) is 89.1 Å². The minimum Gasteiger partial charge on any atom is -0.490 e. The molecule has 1 saturated heterocycles. The Morgan fingerprint density at radius 2 is 1.55 bits per heavy atom. The van der Waals surface area contributed by atoms with Crippen LogP contribution >= 0.6 is 0 Å². The maximum absolute atomic E-state index is 13.0. The highest BCUT2D eigenvalue weighted by Crippen LogP contribution is 2.39. The standard InChI is InChI=1S/C22H31N5O4/c1-5-29-17-12-16(13-18(30-6-2)21(17)31-7-3)22(28)25-19-14-20(24-15-23-19)27-10-8-26(4)9-11-27/h12-15H,5-11H2,1-4H3,(H,23,24,25,28). The van der Waals surface area contributed by atoms with Crippen LogP contribution in [0.3, 0.4) is 0 Å². The van der Waals surface area contributed by atoms with Crippen LogP contribution in [-0.4, -0.2) is 73.8 Å². The van der Waals surface area contributed by atoms with E-state index < -0.39 is 0 Å². The summed E-state index contributed by atoms with van der Waals surface area (Å²) >= 11 is 0. The third kappa shape index (κ3) is 5.75. The van der Waals surface area contributed by atoms with E-state index in [0.717, 1.165) is 32.0 Å². The second kappa shape index (κ2) is 10.8. The zero-order valence-electron chi connectivity index (χ0n) is 18.7. The van der Waals surface area contributed by atoms with E-state index in [1.165, 1.54) is 6.33 Å². The largest absolute Gasteiger partial charge is 0.490 e. The van der Waals surface area contributed by atoms with Crippen LogP contribution in [0.1, 0.15) is 31.1 Å². The van der Waals surface area contributed by atoms with E-state index in [-0.39, 0.29) is 5.91 Å². The smallest absolute Gasteiger partial charge is 0.257 e. The van der Waals surface area contributed by atoms with E-state index in [2.05, 4.69) is 32.1 Å². The molecule has 0 bridgehead atoms. The maximum Gasteiger partial charge on any atom is 0.257 e. The van der Waals surface area contributed by atoms with Gasteiger partial charge >= 0.3 is 0 Å². The summed E-state index contributed by atoms with van der Waals surface area (Å²) in [5.41, 5.74) is 0.398. The van der Waals surface area contributed by atoms with Crippen molar-refractivity contribution in [1.29, 1.82) is 0 Å². The van der Waals surface area contributed by atoms with Crippen LogP contribution < -0.4 is 24.4 Å². The fourth-order valence-corrected chi connectivity index (χ4v) is 3.33. The summed E-state index contributed by atoms with van der Waals surface area (Å²) in [5.74, 6) is 2.38. The summed E-state index contributed by atoms with van der Waals surface area (Å²) in [7, 11) is 2.10. The molecule has 1 fully saturated rings. The van der Waals surface area contributed by atoms with Gasteiger partial charge in [0, 0.05) is 37.8 Å². The number of anilines is 2. The fourth-order valence-electron chi connectivity index (χ4n) is 3.33. The van der Waals surface area contributed by atoms with Crippen molar-refractivity contribution in [1.82, 2.24) is 14.9 Å². The Bertz CT molecular complexity index is 857. The number of likely N-dealkylation sites (N-methyl/N-ethyl adjacent to an activating group) is 1. The van der Waals surface area contributed by atoms with Crippen LogP contribution in [0.25, 0.3) is 0 Å². The first-order valence-electron chi connectivity index (χ1n) is 10.7. The Balaban J connectivity index is 1.82. The quantitative estimate of drug-likeness (QED) is 0.651. The van der Waals surface area contributed by atoms with Gasteiger partial charge < -0.3 is 29.3 Å². The molecule has 1 aromatic carbocycles. The molecule has 1 amide bonds. The molecule has 168 valence electrons. The number of ether oxygens (including phenoxy) is 3. The maximum atomic E-state index is 13.0. The average molecular weight is 430 g/mol. The number of carbonyl (C=O) groups is 1. The van der Waals surface area contributed by atoms with E-state index in [4.69, 9.17) is 14.2 Å². The average Bonchev–Trinajstić information content (AvgIpc) is 2.77. The van der Waals surface area contributed by atoms with Crippen LogP contribution in [-0.2, 0) is 0 Å². The van der Waals surface area contributed by atoms with Gasteiger partial charge in [-0.15, -0.1) is 0 Å². The molecule has 1 aliphatic heterocycles. The molecule has 0 radical (unpaired) electrons. The molecule has 1 aromatic heterocycles. The van der Waals surface area contributed by atoms with Gasteiger partial charge in [0.05, 0.1) is 19.8 Å². The van der Waals surface area contributed by atoms with Crippen LogP contribution in [0.4, 0.5) is 11.6 Å². The third-order valence-corrected chi connectivity index (χ3v) is 4.89. The number of rotatable bonds is 9. The highest BCUT2D eigenvalue weighted by molar-refractivity contribution is 6.04. The second-order valence-electron chi connectivity index (χ2n) is 7.11. The van der Waals surface area contributed by atoms with E-state index >= 15 is 0 Å². The lowest BCUT2D eigenvalue weighted by Crippen LogP contribution is -2.44. The third-order valence-electron chi connectivity index (χ3n) is 4.89. The molecule has 0 unspecified atom stereocenters. The fraction of sp³-hybridized carbons (Fsp3) is 0.500. The number of hydrogen-bond donors (Lipinski definition) is 1. The lowest BCUT2D eigenvalue weighted by atomic mass is 10.1. The summed E-state index contributed by atoms with van der Waals surface area (Å²) < 4.78 is 17.1. The van der Waals surface area contributed by atoms with Crippen molar-refractivity contribution in [2.75, 3.05) is 63.3 Å². The molecule has 2 heterocycles. The molecule has 0 aliphatic carbocycles. The van der Waals surface area contributed by atoms with Crippen molar-refractivity contribution in [3.05, 3.63) is 30.1 Å². The zero-order valence-corrected chi connectivity index (χ0v) is 18.7. The van der Waals surface area contributed by atoms with Gasteiger partial charge in [0.15, 0.2) is 11.5 Å². The lowest BCUT2D eigenvalue weighted by Gasteiger charge is -2.33. The van der Waals surface area contributed by atoms with E-state index in [0.29, 0.717) is 48.5 Å². The number of nitrogens with zero attached hydrogens (tertiary/aromatic N) is 4. The second-order valence-corrected chi connectivity index (χ2v) is 7.11. The number of hydrogen-bond acceptors (Lipinski definition) is 8. The molecule has 0 spiro atoms. The van der Waals surface area contributed by atoms with Crippen molar-refractivity contribution in [2.24, 2.45) is 0 Å². The molecular formula is C22H31N5O4. The molecular weight excluding hydrogens is 398 g/mol. The van der Waals surface area contributed by atoms with Crippen LogP contribution in [0.2, 0.25) is 0 Å². The van der Waals surface area contributed by atoms with Gasteiger partial charge in [-0.25, -0.2) is 9.97 Å². The van der Waals surface area contributed by atoms with Crippen LogP contribution in [0.5, 0.6) is 17.2 Å². The van der Waals surface area contributed by atoms with Crippen molar-refractivity contribution in [2.45, 2.75) is 20.8 Å². The Kier molecular flexibility index (Phi) is 7.88. The minimum atomic E-state index is -0.312. The van der Waals surface area contributed by atoms with Crippen molar-refractivity contribution >= 4 is 17.5 Å². The molecule has 0 saturated carbocycles. The molecule has 9 heteroatoms. The van der Waals surface area contributed by atoms with E-state index in [9.17, 15) is 4.79 Å². The first kappa shape index (κ1) is 22.6. The van der Waals surface area contributed by atoms with Crippen molar-refractivity contribution in [3.63, 3.8) is 0 Å². The number of carbonyl (C=O) groups excluding carboxylic acids is 1. The molecule has 1 N–H and O–H groups in total. The Hall–Kier alpha value is -3.07. The lowest BCUT2D eigenvalue weighted by molar-refractivity contribution is 0.102. The molecule has 0 atom stereocenters. The van der Waals surface area contributed by atoms with E-state index in [1.54, 1.807) is 18.2 Å². The number of nitrogens with one attached hydrogen (secondary N) is 1. The van der Waals surface area contributed by atoms with Crippen LogP contribution in [0, 0.1) is 0 Å². The summed E-state index contributed by atoms with van der Waals surface area (Å²) in [6.07, 6.45) is 1.47. The van der Waals surface area contributed by atoms with Crippen molar-refractivity contribution < 1.29 is 19.0 Å². The summed E-state index contributed by atoms with van der Waals surface area (Å²) in [4.78, 5) is 26.0. The predicted octanol–water partition coefficient (Wildman–Crippen LogP) is 2.68. The van der Waals surface area contributed by atoms with Crippen LogP contribution in [0.15, 0.2) is 24.5 Å². The van der Waals surface area contributed by atoms with Gasteiger partial charge in [0.1, 0.15) is 18.0 Å².